The normalized spacial score (nSPS) is 26.7. The molecule has 0 unspecified atom stereocenters. The lowest BCUT2D eigenvalue weighted by atomic mass is 9.77. The SMILES string of the molecule is [11CH3]N1CC2(CCCCCC2)N(CC(=O)Nc2ccc3c(c2)C[C@@]2(C3)C(=O)Nc3ncccc32)C(=O)C12CCCC2. The van der Waals surface area contributed by atoms with Crippen molar-refractivity contribution in [2.75, 3.05) is 30.8 Å². The van der Waals surface area contributed by atoms with Crippen molar-refractivity contribution in [1.29, 1.82) is 0 Å². The van der Waals surface area contributed by atoms with Gasteiger partial charge in [0.25, 0.3) is 0 Å². The number of benzene rings is 1. The third-order valence-corrected chi connectivity index (χ3v) is 10.7. The number of nitrogens with zero attached hydrogens (tertiary/aromatic N) is 3. The summed E-state index contributed by atoms with van der Waals surface area (Å²) in [5.41, 5.74) is 2.51. The number of carbonyl (C=O) groups excluding carboxylic acids is 3. The summed E-state index contributed by atoms with van der Waals surface area (Å²) in [7, 11) is 2.13. The first-order valence-corrected chi connectivity index (χ1v) is 15.1. The van der Waals surface area contributed by atoms with Crippen molar-refractivity contribution < 1.29 is 14.4 Å². The van der Waals surface area contributed by atoms with E-state index in [0.717, 1.165) is 80.3 Å². The smallest absolute Gasteiger partial charge is 0.244 e. The molecule has 3 heterocycles. The number of carbonyl (C=O) groups is 3. The van der Waals surface area contributed by atoms with E-state index in [1.54, 1.807) is 6.20 Å². The summed E-state index contributed by atoms with van der Waals surface area (Å²) in [6.45, 7) is 0.947. The summed E-state index contributed by atoms with van der Waals surface area (Å²) in [6.07, 6.45) is 13.3. The predicted octanol–water partition coefficient (Wildman–Crippen LogP) is 4.19. The summed E-state index contributed by atoms with van der Waals surface area (Å²) in [4.78, 5) is 49.6. The van der Waals surface area contributed by atoms with E-state index in [4.69, 9.17) is 0 Å². The molecule has 5 aliphatic rings. The zero-order chi connectivity index (χ0) is 27.5. The van der Waals surface area contributed by atoms with Crippen LogP contribution in [0.25, 0.3) is 0 Å². The van der Waals surface area contributed by atoms with Crippen molar-refractivity contribution in [3.8, 4) is 0 Å². The molecule has 3 amide bonds. The Kier molecular flexibility index (Phi) is 6.04. The molecule has 3 fully saturated rings. The minimum Gasteiger partial charge on any atom is -0.325 e. The number of anilines is 2. The average molecular weight is 541 g/mol. The molecular formula is C32H39N5O3. The van der Waals surface area contributed by atoms with Gasteiger partial charge in [-0.05, 0) is 74.9 Å². The van der Waals surface area contributed by atoms with Crippen LogP contribution in [0.2, 0.25) is 0 Å². The van der Waals surface area contributed by atoms with Gasteiger partial charge in [-0.2, -0.15) is 0 Å². The first-order chi connectivity index (χ1) is 19.4. The maximum atomic E-state index is 14.2. The number of likely N-dealkylation sites (N-methyl/N-ethyl adjacent to an activating group) is 1. The van der Waals surface area contributed by atoms with Crippen molar-refractivity contribution in [2.45, 2.75) is 93.5 Å². The van der Waals surface area contributed by atoms with E-state index in [9.17, 15) is 14.4 Å². The van der Waals surface area contributed by atoms with E-state index in [0.29, 0.717) is 18.7 Å². The van der Waals surface area contributed by atoms with Crippen LogP contribution in [0.3, 0.4) is 0 Å². The van der Waals surface area contributed by atoms with Gasteiger partial charge in [0.1, 0.15) is 17.9 Å². The zero-order valence-electron chi connectivity index (χ0n) is 23.4. The molecule has 7 rings (SSSR count). The third-order valence-electron chi connectivity index (χ3n) is 10.7. The third kappa shape index (κ3) is 3.82. The Hall–Kier alpha value is -3.26. The van der Waals surface area contributed by atoms with Crippen molar-refractivity contribution in [2.24, 2.45) is 0 Å². The van der Waals surface area contributed by atoms with Crippen molar-refractivity contribution in [1.82, 2.24) is 14.8 Å². The van der Waals surface area contributed by atoms with Gasteiger partial charge in [0, 0.05) is 24.0 Å². The van der Waals surface area contributed by atoms with E-state index >= 15 is 0 Å². The highest BCUT2D eigenvalue weighted by Crippen LogP contribution is 2.48. The Bertz CT molecular complexity index is 1370. The fourth-order valence-electron chi connectivity index (χ4n) is 8.61. The lowest BCUT2D eigenvalue weighted by molar-refractivity contribution is -0.166. The molecule has 2 N–H and O–H groups in total. The Morgan fingerprint density at radius 3 is 2.48 bits per heavy atom. The molecule has 0 bridgehead atoms. The molecule has 2 aliphatic heterocycles. The van der Waals surface area contributed by atoms with Gasteiger partial charge in [-0.25, -0.2) is 4.98 Å². The number of hydrogen-bond donors (Lipinski definition) is 2. The molecule has 0 radical (unpaired) electrons. The molecule has 1 saturated heterocycles. The van der Waals surface area contributed by atoms with Crippen LogP contribution >= 0.6 is 0 Å². The van der Waals surface area contributed by atoms with E-state index in [2.05, 4.69) is 27.6 Å². The fourth-order valence-corrected chi connectivity index (χ4v) is 8.61. The Morgan fingerprint density at radius 2 is 1.70 bits per heavy atom. The van der Waals surface area contributed by atoms with Crippen LogP contribution in [0.1, 0.15) is 80.9 Å². The van der Waals surface area contributed by atoms with Gasteiger partial charge >= 0.3 is 0 Å². The van der Waals surface area contributed by atoms with Crippen LogP contribution in [0.4, 0.5) is 11.5 Å². The highest BCUT2D eigenvalue weighted by Gasteiger charge is 2.57. The van der Waals surface area contributed by atoms with Crippen molar-refractivity contribution in [3.05, 3.63) is 53.2 Å². The zero-order valence-corrected chi connectivity index (χ0v) is 23.4. The summed E-state index contributed by atoms with van der Waals surface area (Å²) >= 11 is 0. The fraction of sp³-hybridized carbons (Fsp3) is 0.562. The number of fused-ring (bicyclic) bond motifs is 3. The van der Waals surface area contributed by atoms with E-state index < -0.39 is 11.0 Å². The molecule has 2 saturated carbocycles. The molecule has 40 heavy (non-hydrogen) atoms. The lowest BCUT2D eigenvalue weighted by Gasteiger charge is -2.56. The first-order valence-electron chi connectivity index (χ1n) is 15.1. The van der Waals surface area contributed by atoms with Crippen LogP contribution in [-0.4, -0.2) is 63.7 Å². The van der Waals surface area contributed by atoms with Crippen molar-refractivity contribution in [3.63, 3.8) is 0 Å². The van der Waals surface area contributed by atoms with E-state index in [1.165, 1.54) is 12.8 Å². The van der Waals surface area contributed by atoms with Gasteiger partial charge in [-0.15, -0.1) is 0 Å². The molecule has 1 aromatic carbocycles. The molecule has 210 valence electrons. The second-order valence-electron chi connectivity index (χ2n) is 12.9. The van der Waals surface area contributed by atoms with Crippen LogP contribution in [-0.2, 0) is 32.6 Å². The second-order valence-corrected chi connectivity index (χ2v) is 12.9. The molecule has 8 heteroatoms. The summed E-state index contributed by atoms with van der Waals surface area (Å²) in [5.74, 6) is 0.658. The molecule has 1 aromatic heterocycles. The standard InChI is InChI=1S/C32H39N5O3/c1-36-21-30(12-4-2-3-5-13-30)37(29(40)32(36)14-6-7-15-32)20-26(38)34-24-11-10-22-18-31(19-23(22)17-24)25-9-8-16-33-27(25)35-28(31)39/h8-11,16-17H,2-7,12-15,18-21H2,1H3,(H,34,38)(H,33,35,39)/t31-/m1/s1/i1-1. The largest absolute Gasteiger partial charge is 0.325 e. The monoisotopic (exact) mass is 540 g/mol. The van der Waals surface area contributed by atoms with E-state index in [-0.39, 0.29) is 29.8 Å². The van der Waals surface area contributed by atoms with Gasteiger partial charge in [0.05, 0.1) is 11.0 Å². The van der Waals surface area contributed by atoms with Gasteiger partial charge in [0.2, 0.25) is 17.7 Å². The molecular weight excluding hydrogens is 501 g/mol. The second kappa shape index (κ2) is 9.40. The average Bonchev–Trinajstić information content (AvgIpc) is 3.60. The van der Waals surface area contributed by atoms with Crippen LogP contribution in [0.5, 0.6) is 0 Å². The highest BCUT2D eigenvalue weighted by atomic mass is 16.2. The van der Waals surface area contributed by atoms with Gasteiger partial charge in [-0.3, -0.25) is 19.3 Å². The summed E-state index contributed by atoms with van der Waals surface area (Å²) < 4.78 is 0. The van der Waals surface area contributed by atoms with Gasteiger partial charge in [-0.1, -0.05) is 50.7 Å². The quantitative estimate of drug-likeness (QED) is 0.609. The maximum absolute atomic E-state index is 14.2. The number of aromatic nitrogens is 1. The topological polar surface area (TPSA) is 94.6 Å². The predicted molar refractivity (Wildman–Crippen MR) is 153 cm³/mol. The molecule has 3 spiro atoms. The Labute approximate surface area is 235 Å². The van der Waals surface area contributed by atoms with Gasteiger partial charge in [0.15, 0.2) is 0 Å². The Balaban J connectivity index is 1.12. The maximum Gasteiger partial charge on any atom is 0.244 e. The molecule has 3 aliphatic carbocycles. The minimum absolute atomic E-state index is 0.00824. The summed E-state index contributed by atoms with van der Waals surface area (Å²) in [6, 6.07) is 9.84. The molecule has 8 nitrogen and oxygen atoms in total. The van der Waals surface area contributed by atoms with E-state index in [1.807, 2.05) is 35.2 Å². The number of piperazine rings is 1. The highest BCUT2D eigenvalue weighted by molar-refractivity contribution is 6.06. The Morgan fingerprint density at radius 1 is 0.975 bits per heavy atom. The van der Waals surface area contributed by atoms with Crippen LogP contribution < -0.4 is 10.6 Å². The van der Waals surface area contributed by atoms with Crippen molar-refractivity contribution >= 4 is 29.2 Å². The molecule has 2 aromatic rings. The lowest BCUT2D eigenvalue weighted by Crippen LogP contribution is -2.73. The molecule has 1 atom stereocenters. The van der Waals surface area contributed by atoms with Crippen LogP contribution in [0, 0.1) is 0 Å². The number of rotatable bonds is 3. The van der Waals surface area contributed by atoms with Crippen LogP contribution in [0.15, 0.2) is 36.5 Å². The number of nitrogens with one attached hydrogen (secondary N) is 2. The van der Waals surface area contributed by atoms with Gasteiger partial charge < -0.3 is 15.5 Å². The number of hydrogen-bond acceptors (Lipinski definition) is 5. The minimum atomic E-state index is -0.637. The first kappa shape index (κ1) is 25.7. The number of amides is 3. The number of pyridine rings is 1. The summed E-state index contributed by atoms with van der Waals surface area (Å²) in [5, 5.41) is 6.07.